The molecule has 0 unspecified atom stereocenters. The monoisotopic (exact) mass is 178 g/mol. The highest BCUT2D eigenvalue weighted by molar-refractivity contribution is 5.18. The number of rotatable bonds is 2. The fraction of sp³-hybridized carbons (Fsp3) is 0.857. The van der Waals surface area contributed by atoms with Crippen molar-refractivity contribution in [3.63, 3.8) is 0 Å². The van der Waals surface area contributed by atoms with Gasteiger partial charge in [-0.2, -0.15) is 18.4 Å². The zero-order valence-electron chi connectivity index (χ0n) is 6.65. The van der Waals surface area contributed by atoms with Gasteiger partial charge in [0, 0.05) is 0 Å². The van der Waals surface area contributed by atoms with Gasteiger partial charge in [0.05, 0.1) is 12.6 Å². The van der Waals surface area contributed by atoms with Crippen LogP contribution < -0.4 is 0 Å². The normalized spacial score (nSPS) is 20.7. The van der Waals surface area contributed by atoms with Crippen molar-refractivity contribution >= 4 is 0 Å². The van der Waals surface area contributed by atoms with Crippen LogP contribution in [-0.4, -0.2) is 30.2 Å². The first kappa shape index (κ1) is 9.33. The molecule has 1 saturated carbocycles. The Bertz CT molecular complexity index is 212. The lowest BCUT2D eigenvalue weighted by atomic mass is 10.2. The number of nitrogens with zero attached hydrogens (tertiary/aromatic N) is 2. The molecule has 68 valence electrons. The van der Waals surface area contributed by atoms with Crippen LogP contribution in [0.2, 0.25) is 0 Å². The number of hydrogen-bond acceptors (Lipinski definition) is 2. The van der Waals surface area contributed by atoms with E-state index in [1.807, 2.05) is 6.07 Å². The molecule has 0 spiro atoms. The Balaban J connectivity index is 2.50. The van der Waals surface area contributed by atoms with E-state index in [2.05, 4.69) is 0 Å². The van der Waals surface area contributed by atoms with Gasteiger partial charge < -0.3 is 0 Å². The predicted molar refractivity (Wildman–Crippen MR) is 36.3 cm³/mol. The van der Waals surface area contributed by atoms with Crippen LogP contribution in [0.4, 0.5) is 13.2 Å². The molecule has 0 radical (unpaired) electrons. The summed E-state index contributed by atoms with van der Waals surface area (Å²) in [5, 5.41) is 8.56. The van der Waals surface area contributed by atoms with Crippen LogP contribution >= 0.6 is 0 Å². The molecule has 0 N–H and O–H groups in total. The Labute approximate surface area is 68.6 Å². The molecule has 5 heteroatoms. The number of hydrogen-bond donors (Lipinski definition) is 0. The molecule has 12 heavy (non-hydrogen) atoms. The molecule has 0 aliphatic heterocycles. The van der Waals surface area contributed by atoms with Crippen molar-refractivity contribution in [1.29, 1.82) is 5.26 Å². The van der Waals surface area contributed by atoms with Gasteiger partial charge in [0.1, 0.15) is 5.54 Å². The quantitative estimate of drug-likeness (QED) is 0.641. The summed E-state index contributed by atoms with van der Waals surface area (Å²) in [6.07, 6.45) is -3.10. The average molecular weight is 178 g/mol. The molecule has 1 aliphatic rings. The highest BCUT2D eigenvalue weighted by Crippen LogP contribution is 2.41. The summed E-state index contributed by atoms with van der Waals surface area (Å²) < 4.78 is 35.5. The lowest BCUT2D eigenvalue weighted by molar-refractivity contribution is -0.146. The molecule has 0 heterocycles. The Morgan fingerprint density at radius 2 is 2.00 bits per heavy atom. The summed E-state index contributed by atoms with van der Waals surface area (Å²) in [4.78, 5) is 1.08. The third-order valence-corrected chi connectivity index (χ3v) is 2.08. The van der Waals surface area contributed by atoms with Crippen molar-refractivity contribution in [1.82, 2.24) is 4.90 Å². The van der Waals surface area contributed by atoms with Gasteiger partial charge in [0.2, 0.25) is 0 Å². The van der Waals surface area contributed by atoms with Crippen LogP contribution in [0, 0.1) is 11.3 Å². The van der Waals surface area contributed by atoms with Gasteiger partial charge in [0.25, 0.3) is 0 Å². The molecule has 2 nitrogen and oxygen atoms in total. The maximum atomic E-state index is 11.8. The van der Waals surface area contributed by atoms with Gasteiger partial charge in [-0.25, -0.2) is 0 Å². The van der Waals surface area contributed by atoms with Crippen molar-refractivity contribution in [3.05, 3.63) is 0 Å². The molecule has 0 amide bonds. The maximum absolute atomic E-state index is 11.8. The van der Waals surface area contributed by atoms with Crippen molar-refractivity contribution in [2.24, 2.45) is 0 Å². The molecule has 0 aromatic rings. The zero-order chi connectivity index (χ0) is 9.41. The summed E-state index contributed by atoms with van der Waals surface area (Å²) in [5.41, 5.74) is -0.824. The standard InChI is InChI=1S/C7H9F3N2/c1-12(5-7(8,9)10)6(4-11)2-3-6/h2-3,5H2,1H3. The van der Waals surface area contributed by atoms with E-state index < -0.39 is 18.3 Å². The van der Waals surface area contributed by atoms with Gasteiger partial charge in [-0.05, 0) is 19.9 Å². The first-order valence-corrected chi connectivity index (χ1v) is 3.59. The molecule has 1 rings (SSSR count). The van der Waals surface area contributed by atoms with Crippen LogP contribution in [0.5, 0.6) is 0 Å². The zero-order valence-corrected chi connectivity index (χ0v) is 6.65. The third kappa shape index (κ3) is 1.89. The highest BCUT2D eigenvalue weighted by atomic mass is 19.4. The minimum atomic E-state index is -4.21. The number of halogens is 3. The third-order valence-electron chi connectivity index (χ3n) is 2.08. The number of nitriles is 1. The first-order valence-electron chi connectivity index (χ1n) is 3.59. The molecule has 0 saturated heterocycles. The topological polar surface area (TPSA) is 27.0 Å². The van der Waals surface area contributed by atoms with E-state index in [0.717, 1.165) is 4.90 Å². The second-order valence-corrected chi connectivity index (χ2v) is 3.11. The van der Waals surface area contributed by atoms with E-state index in [1.165, 1.54) is 7.05 Å². The summed E-state index contributed by atoms with van der Waals surface area (Å²) in [7, 11) is 1.34. The second-order valence-electron chi connectivity index (χ2n) is 3.11. The van der Waals surface area contributed by atoms with E-state index in [1.54, 1.807) is 0 Å². The Morgan fingerprint density at radius 1 is 1.50 bits per heavy atom. The van der Waals surface area contributed by atoms with Gasteiger partial charge in [-0.3, -0.25) is 4.90 Å². The second kappa shape index (κ2) is 2.63. The molecule has 0 atom stereocenters. The van der Waals surface area contributed by atoms with E-state index in [9.17, 15) is 13.2 Å². The van der Waals surface area contributed by atoms with E-state index in [0.29, 0.717) is 12.8 Å². The Hall–Kier alpha value is -0.760. The Morgan fingerprint density at radius 3 is 2.25 bits per heavy atom. The maximum Gasteiger partial charge on any atom is 0.401 e. The molecular weight excluding hydrogens is 169 g/mol. The largest absolute Gasteiger partial charge is 0.401 e. The average Bonchev–Trinajstić information content (AvgIpc) is 2.62. The summed E-state index contributed by atoms with van der Waals surface area (Å²) in [5.74, 6) is 0. The van der Waals surface area contributed by atoms with Crippen molar-refractivity contribution in [3.8, 4) is 6.07 Å². The minimum Gasteiger partial charge on any atom is -0.280 e. The lowest BCUT2D eigenvalue weighted by Gasteiger charge is -2.22. The molecular formula is C7H9F3N2. The summed E-state index contributed by atoms with van der Waals surface area (Å²) >= 11 is 0. The van der Waals surface area contributed by atoms with Crippen LogP contribution in [0.1, 0.15) is 12.8 Å². The van der Waals surface area contributed by atoms with E-state index >= 15 is 0 Å². The van der Waals surface area contributed by atoms with Crippen LogP contribution in [-0.2, 0) is 0 Å². The van der Waals surface area contributed by atoms with Gasteiger partial charge in [0.15, 0.2) is 0 Å². The Kier molecular flexibility index (Phi) is 2.04. The van der Waals surface area contributed by atoms with E-state index in [4.69, 9.17) is 5.26 Å². The van der Waals surface area contributed by atoms with Gasteiger partial charge in [-0.1, -0.05) is 0 Å². The van der Waals surface area contributed by atoms with Gasteiger partial charge >= 0.3 is 6.18 Å². The smallest absolute Gasteiger partial charge is 0.280 e. The molecule has 0 bridgehead atoms. The van der Waals surface area contributed by atoms with Crippen LogP contribution in [0.3, 0.4) is 0 Å². The van der Waals surface area contributed by atoms with Crippen LogP contribution in [0.25, 0.3) is 0 Å². The molecule has 1 aliphatic carbocycles. The minimum absolute atomic E-state index is 0.552. The molecule has 0 aromatic heterocycles. The fourth-order valence-electron chi connectivity index (χ4n) is 1.12. The van der Waals surface area contributed by atoms with Gasteiger partial charge in [-0.15, -0.1) is 0 Å². The van der Waals surface area contributed by atoms with E-state index in [-0.39, 0.29) is 0 Å². The molecule has 1 fully saturated rings. The number of alkyl halides is 3. The van der Waals surface area contributed by atoms with Crippen molar-refractivity contribution in [2.75, 3.05) is 13.6 Å². The van der Waals surface area contributed by atoms with Crippen molar-refractivity contribution < 1.29 is 13.2 Å². The fourth-order valence-corrected chi connectivity index (χ4v) is 1.12. The summed E-state index contributed by atoms with van der Waals surface area (Å²) in [6.45, 7) is -0.999. The SMILES string of the molecule is CN(CC(F)(F)F)C1(C#N)CC1. The summed E-state index contributed by atoms with van der Waals surface area (Å²) in [6, 6.07) is 1.90. The predicted octanol–water partition coefficient (Wildman–Crippen LogP) is 1.54. The molecule has 0 aromatic carbocycles. The van der Waals surface area contributed by atoms with Crippen molar-refractivity contribution in [2.45, 2.75) is 24.6 Å². The lowest BCUT2D eigenvalue weighted by Crippen LogP contribution is -2.39. The van der Waals surface area contributed by atoms with Crippen LogP contribution in [0.15, 0.2) is 0 Å². The highest BCUT2D eigenvalue weighted by Gasteiger charge is 2.49. The first-order chi connectivity index (χ1) is 5.40.